The number of fused-ring (bicyclic) bond motifs is 5. The lowest BCUT2D eigenvalue weighted by Gasteiger charge is -2.51. The maximum absolute atomic E-state index is 10.3. The van der Waals surface area contributed by atoms with Crippen molar-refractivity contribution >= 4 is 0 Å². The van der Waals surface area contributed by atoms with Gasteiger partial charge in [0.1, 0.15) is 6.23 Å². The molecular formula is C27H49NO2. The predicted molar refractivity (Wildman–Crippen MR) is 124 cm³/mol. The number of nitrogens with one attached hydrogen (secondary N) is 1. The normalized spacial score (nSPS) is 50.4. The van der Waals surface area contributed by atoms with E-state index in [1.807, 2.05) is 0 Å². The highest BCUT2D eigenvalue weighted by atomic mass is 16.5. The molecule has 3 nitrogen and oxygen atoms in total. The van der Waals surface area contributed by atoms with Crippen LogP contribution in [0.4, 0.5) is 0 Å². The van der Waals surface area contributed by atoms with Crippen molar-refractivity contribution in [1.29, 1.82) is 0 Å². The summed E-state index contributed by atoms with van der Waals surface area (Å²) in [6, 6.07) is 0. The second-order valence-corrected chi connectivity index (χ2v) is 12.1. The van der Waals surface area contributed by atoms with Crippen LogP contribution >= 0.6 is 0 Å². The van der Waals surface area contributed by atoms with E-state index in [-0.39, 0.29) is 12.3 Å². The highest BCUT2D eigenvalue weighted by Gasteiger charge is 2.63. The first-order valence-corrected chi connectivity index (χ1v) is 13.4. The Bertz CT molecular complexity index is 567. The van der Waals surface area contributed by atoms with Crippen molar-refractivity contribution in [1.82, 2.24) is 5.32 Å². The molecule has 0 aromatic carbocycles. The molecule has 4 fully saturated rings. The second kappa shape index (κ2) is 9.40. The quantitative estimate of drug-likeness (QED) is 0.587. The van der Waals surface area contributed by atoms with E-state index in [0.717, 1.165) is 54.9 Å². The van der Waals surface area contributed by atoms with Crippen molar-refractivity contribution in [2.24, 2.45) is 46.8 Å². The molecule has 11 atom stereocenters. The molecule has 3 saturated carbocycles. The molecule has 4 aliphatic rings. The number of hydrogen-bond donors (Lipinski definition) is 2. The summed E-state index contributed by atoms with van der Waals surface area (Å²) in [7, 11) is 0. The van der Waals surface area contributed by atoms with Gasteiger partial charge in [0.25, 0.3) is 0 Å². The monoisotopic (exact) mass is 419 g/mol. The zero-order valence-corrected chi connectivity index (χ0v) is 20.4. The Balaban J connectivity index is 1.48. The lowest BCUT2D eigenvalue weighted by molar-refractivity contribution is -0.0360. The summed E-state index contributed by atoms with van der Waals surface area (Å²) >= 11 is 0. The second-order valence-electron chi connectivity index (χ2n) is 12.1. The Morgan fingerprint density at radius 1 is 1.07 bits per heavy atom. The van der Waals surface area contributed by atoms with Gasteiger partial charge in [-0.15, -0.1) is 0 Å². The number of hydrogen-bond acceptors (Lipinski definition) is 3. The summed E-state index contributed by atoms with van der Waals surface area (Å²) in [5.41, 5.74) is 0.460. The van der Waals surface area contributed by atoms with Gasteiger partial charge >= 0.3 is 0 Å². The Morgan fingerprint density at radius 3 is 2.60 bits per heavy atom. The number of aliphatic hydroxyl groups excluding tert-OH is 1. The van der Waals surface area contributed by atoms with E-state index in [1.165, 1.54) is 51.4 Å². The van der Waals surface area contributed by atoms with Gasteiger partial charge < -0.3 is 9.84 Å². The maximum Gasteiger partial charge on any atom is 0.111 e. The van der Waals surface area contributed by atoms with E-state index in [4.69, 9.17) is 4.74 Å². The first kappa shape index (κ1) is 23.1. The first-order valence-electron chi connectivity index (χ1n) is 13.4. The first-order chi connectivity index (χ1) is 14.3. The lowest BCUT2D eigenvalue weighted by Crippen LogP contribution is -2.46. The minimum atomic E-state index is -0.0576. The van der Waals surface area contributed by atoms with Gasteiger partial charge in [-0.2, -0.15) is 0 Å². The Hall–Kier alpha value is -0.120. The molecule has 0 aromatic heterocycles. The summed E-state index contributed by atoms with van der Waals surface area (Å²) in [6.45, 7) is 13.3. The zero-order chi connectivity index (χ0) is 21.5. The third-order valence-corrected chi connectivity index (χ3v) is 10.3. The number of aliphatic hydroxyl groups is 1. The van der Waals surface area contributed by atoms with Gasteiger partial charge in [-0.1, -0.05) is 53.9 Å². The van der Waals surface area contributed by atoms with Gasteiger partial charge in [0.15, 0.2) is 0 Å². The van der Waals surface area contributed by atoms with E-state index in [0.29, 0.717) is 17.4 Å². The molecular weight excluding hydrogens is 370 g/mol. The molecule has 174 valence electrons. The molecule has 5 unspecified atom stereocenters. The Labute approximate surface area is 186 Å². The fraction of sp³-hybridized carbons (Fsp3) is 1.00. The molecule has 4 rings (SSSR count). The van der Waals surface area contributed by atoms with Crippen LogP contribution in [0, 0.1) is 46.8 Å². The van der Waals surface area contributed by atoms with Crippen LogP contribution in [0.15, 0.2) is 0 Å². The zero-order valence-electron chi connectivity index (χ0n) is 20.4. The summed E-state index contributed by atoms with van der Waals surface area (Å²) in [6.07, 6.45) is 13.1. The SMILES string of the molecule is CC[C@H](C)CN[C@H]1OC2CC3C4CCCC[C@@H](O)CC[C@H](C)C4CC[C@]3(C)C2[C@@H]1C. The predicted octanol–water partition coefficient (Wildman–Crippen LogP) is 6.00. The van der Waals surface area contributed by atoms with E-state index in [1.54, 1.807) is 0 Å². The van der Waals surface area contributed by atoms with Gasteiger partial charge in [-0.05, 0) is 85.9 Å². The van der Waals surface area contributed by atoms with E-state index in [2.05, 4.69) is 39.9 Å². The van der Waals surface area contributed by atoms with Gasteiger partial charge in [0.2, 0.25) is 0 Å². The average molecular weight is 420 g/mol. The summed E-state index contributed by atoms with van der Waals surface area (Å²) < 4.78 is 6.73. The minimum Gasteiger partial charge on any atom is -0.393 e. The molecule has 3 aliphatic carbocycles. The van der Waals surface area contributed by atoms with Gasteiger partial charge in [-0.3, -0.25) is 5.32 Å². The minimum absolute atomic E-state index is 0.0576. The molecule has 1 saturated heterocycles. The molecule has 2 N–H and O–H groups in total. The van der Waals surface area contributed by atoms with Crippen molar-refractivity contribution in [3.8, 4) is 0 Å². The maximum atomic E-state index is 10.3. The Morgan fingerprint density at radius 2 is 1.83 bits per heavy atom. The lowest BCUT2D eigenvalue weighted by atomic mass is 9.53. The van der Waals surface area contributed by atoms with Crippen LogP contribution in [0.5, 0.6) is 0 Å². The molecule has 0 bridgehead atoms. The fourth-order valence-corrected chi connectivity index (χ4v) is 8.32. The topological polar surface area (TPSA) is 41.5 Å². The highest BCUT2D eigenvalue weighted by molar-refractivity contribution is 5.10. The van der Waals surface area contributed by atoms with Crippen LogP contribution in [0.25, 0.3) is 0 Å². The van der Waals surface area contributed by atoms with Crippen molar-refractivity contribution in [3.63, 3.8) is 0 Å². The number of ether oxygens (including phenoxy) is 1. The van der Waals surface area contributed by atoms with Crippen molar-refractivity contribution in [2.75, 3.05) is 6.54 Å². The summed E-state index contributed by atoms with van der Waals surface area (Å²) in [4.78, 5) is 0. The van der Waals surface area contributed by atoms with Crippen LogP contribution in [-0.2, 0) is 4.74 Å². The van der Waals surface area contributed by atoms with Gasteiger partial charge in [0.05, 0.1) is 12.2 Å². The molecule has 30 heavy (non-hydrogen) atoms. The molecule has 1 heterocycles. The highest BCUT2D eigenvalue weighted by Crippen LogP contribution is 2.65. The van der Waals surface area contributed by atoms with E-state index < -0.39 is 0 Å². The van der Waals surface area contributed by atoms with Gasteiger partial charge in [-0.25, -0.2) is 0 Å². The van der Waals surface area contributed by atoms with Crippen molar-refractivity contribution in [3.05, 3.63) is 0 Å². The summed E-state index contributed by atoms with van der Waals surface area (Å²) in [5.74, 6) is 5.42. The Kier molecular flexibility index (Phi) is 7.22. The van der Waals surface area contributed by atoms with Crippen LogP contribution < -0.4 is 5.32 Å². The average Bonchev–Trinajstić information content (AvgIpc) is 3.20. The number of rotatable bonds is 4. The molecule has 0 radical (unpaired) electrons. The molecule has 0 aromatic rings. The van der Waals surface area contributed by atoms with E-state index in [9.17, 15) is 5.11 Å². The summed E-state index contributed by atoms with van der Waals surface area (Å²) in [5, 5.41) is 14.0. The van der Waals surface area contributed by atoms with Crippen LogP contribution in [-0.4, -0.2) is 30.1 Å². The van der Waals surface area contributed by atoms with Gasteiger partial charge in [0, 0.05) is 12.5 Å². The fourth-order valence-electron chi connectivity index (χ4n) is 8.32. The van der Waals surface area contributed by atoms with E-state index >= 15 is 0 Å². The molecule has 0 amide bonds. The molecule has 1 aliphatic heterocycles. The third kappa shape index (κ3) is 4.25. The van der Waals surface area contributed by atoms with Crippen LogP contribution in [0.3, 0.4) is 0 Å². The third-order valence-electron chi connectivity index (χ3n) is 10.3. The largest absolute Gasteiger partial charge is 0.393 e. The van der Waals surface area contributed by atoms with Crippen molar-refractivity contribution < 1.29 is 9.84 Å². The molecule has 0 spiro atoms. The standard InChI is InChI=1S/C27H49NO2/c1-6-17(2)16-28-26-19(4)25-24(30-26)15-23-22-10-8-7-9-20(29)12-11-18(3)21(22)13-14-27(23,25)5/h17-26,28-29H,6-16H2,1-5H3/t17-,18-,19-,20+,21?,22?,23?,24?,25?,26-,27-/m0/s1. The van der Waals surface area contributed by atoms with Crippen LogP contribution in [0.1, 0.15) is 98.8 Å². The molecule has 3 heteroatoms. The smallest absolute Gasteiger partial charge is 0.111 e. The van der Waals surface area contributed by atoms with Crippen molar-refractivity contribution in [2.45, 2.75) is 117 Å². The van der Waals surface area contributed by atoms with Crippen LogP contribution in [0.2, 0.25) is 0 Å².